The Morgan fingerprint density at radius 3 is 2.78 bits per heavy atom. The minimum Gasteiger partial charge on any atom is -0.115 e. The van der Waals surface area contributed by atoms with Crippen LogP contribution >= 0.6 is 6.04 Å². The van der Waals surface area contributed by atoms with Crippen LogP contribution in [0.2, 0.25) is 0 Å². The van der Waals surface area contributed by atoms with Crippen LogP contribution in [0.25, 0.3) is 0 Å². The van der Waals surface area contributed by atoms with Gasteiger partial charge in [-0.3, -0.25) is 0 Å². The van der Waals surface area contributed by atoms with Gasteiger partial charge in [0.15, 0.2) is 0 Å². The van der Waals surface area contributed by atoms with Gasteiger partial charge in [0.25, 0.3) is 0 Å². The molecule has 0 aromatic rings. The van der Waals surface area contributed by atoms with Gasteiger partial charge in [-0.1, -0.05) is 23.8 Å². The van der Waals surface area contributed by atoms with Crippen LogP contribution in [-0.4, -0.2) is 19.0 Å². The van der Waals surface area contributed by atoms with Gasteiger partial charge in [0.2, 0.25) is 0 Å². The number of hydrogen-bond acceptors (Lipinski definition) is 1. The molecule has 0 saturated heterocycles. The lowest BCUT2D eigenvalue weighted by Crippen LogP contribution is -1.81. The summed E-state index contributed by atoms with van der Waals surface area (Å²) in [7, 11) is 0. The number of hydrogen-bond donors (Lipinski definition) is 0. The highest BCUT2D eigenvalue weighted by Crippen LogP contribution is 2.47. The van der Waals surface area contributed by atoms with E-state index >= 15 is 0 Å². The average Bonchev–Trinajstić information content (AvgIpc) is 2.10. The molecule has 48 valence electrons. The maximum absolute atomic E-state index is 5.32. The van der Waals surface area contributed by atoms with Gasteiger partial charge in [-0.05, 0) is 18.9 Å². The van der Waals surface area contributed by atoms with E-state index in [-0.39, 0.29) is 0 Å². The van der Waals surface area contributed by atoms with Gasteiger partial charge in [0.05, 0.1) is 0 Å². The molecule has 0 N–H and O–H groups in total. The van der Waals surface area contributed by atoms with Gasteiger partial charge in [0, 0.05) is 11.7 Å². The van der Waals surface area contributed by atoms with Crippen molar-refractivity contribution in [1.29, 1.82) is 0 Å². The van der Waals surface area contributed by atoms with Crippen molar-refractivity contribution < 1.29 is 0 Å². The molecule has 0 nitrogen and oxygen atoms in total. The van der Waals surface area contributed by atoms with Gasteiger partial charge in [-0.15, -0.1) is 6.42 Å². The summed E-state index contributed by atoms with van der Waals surface area (Å²) in [6.45, 7) is 2.17. The quantitative estimate of drug-likeness (QED) is 0.380. The summed E-state index contributed by atoms with van der Waals surface area (Å²) in [4.78, 5) is 0. The van der Waals surface area contributed by atoms with Gasteiger partial charge in [0.1, 0.15) is 0 Å². The van der Waals surface area contributed by atoms with Crippen molar-refractivity contribution in [3.05, 3.63) is 11.6 Å². The zero-order chi connectivity index (χ0) is 6.91. The van der Waals surface area contributed by atoms with Crippen molar-refractivity contribution >= 4 is 17.8 Å². The van der Waals surface area contributed by atoms with E-state index in [1.54, 1.807) is 0 Å². The van der Waals surface area contributed by atoms with Crippen molar-refractivity contribution in [3.63, 3.8) is 0 Å². The second kappa shape index (κ2) is 2.29. The standard InChI is InChI=1S/C7H9PS/c1-3-7-4-5-8(2,9)6-7/h1,4H,5-6H2,2H3. The van der Waals surface area contributed by atoms with Gasteiger partial charge in [-0.25, -0.2) is 0 Å². The monoisotopic (exact) mass is 156 g/mol. The Labute approximate surface area is 61.4 Å². The van der Waals surface area contributed by atoms with E-state index in [2.05, 4.69) is 18.7 Å². The molecule has 2 heteroatoms. The Kier molecular flexibility index (Phi) is 1.80. The summed E-state index contributed by atoms with van der Waals surface area (Å²) in [5, 5.41) is 0. The van der Waals surface area contributed by atoms with Crippen LogP contribution in [0.15, 0.2) is 11.6 Å². The van der Waals surface area contributed by atoms with Crippen molar-refractivity contribution in [2.75, 3.05) is 19.0 Å². The Morgan fingerprint density at radius 2 is 2.56 bits per heavy atom. The third-order valence-corrected chi connectivity index (χ3v) is 4.21. The first-order valence-electron chi connectivity index (χ1n) is 2.85. The summed E-state index contributed by atoms with van der Waals surface area (Å²) in [6, 6.07) is -1.02. The lowest BCUT2D eigenvalue weighted by Gasteiger charge is -2.04. The molecule has 0 aliphatic carbocycles. The summed E-state index contributed by atoms with van der Waals surface area (Å²) in [5.41, 5.74) is 1.13. The van der Waals surface area contributed by atoms with E-state index in [1.807, 2.05) is 0 Å². The molecule has 1 atom stereocenters. The smallest absolute Gasteiger partial charge is 0.00949 e. The largest absolute Gasteiger partial charge is 0.115 e. The van der Waals surface area contributed by atoms with Crippen LogP contribution < -0.4 is 0 Å². The summed E-state index contributed by atoms with van der Waals surface area (Å²) < 4.78 is 0. The zero-order valence-electron chi connectivity index (χ0n) is 5.42. The maximum Gasteiger partial charge on any atom is 0.00949 e. The minimum absolute atomic E-state index is 1.01. The molecule has 9 heavy (non-hydrogen) atoms. The lowest BCUT2D eigenvalue weighted by molar-refractivity contribution is 1.62. The van der Waals surface area contributed by atoms with E-state index in [0.717, 1.165) is 17.9 Å². The number of terminal acetylenes is 1. The topological polar surface area (TPSA) is 0 Å². The SMILES string of the molecule is C#CC1=CCP(C)(=S)C1. The van der Waals surface area contributed by atoms with Gasteiger partial charge >= 0.3 is 0 Å². The van der Waals surface area contributed by atoms with E-state index in [9.17, 15) is 0 Å². The van der Waals surface area contributed by atoms with Crippen molar-refractivity contribution in [2.24, 2.45) is 0 Å². The van der Waals surface area contributed by atoms with E-state index < -0.39 is 6.04 Å². The molecule has 1 rings (SSSR count). The molecule has 0 aromatic carbocycles. The molecule has 0 spiro atoms. The Hall–Kier alpha value is -0.0500. The molecule has 0 bridgehead atoms. The summed E-state index contributed by atoms with van der Waals surface area (Å²) >= 11 is 5.32. The maximum atomic E-state index is 5.32. The van der Waals surface area contributed by atoms with Crippen molar-refractivity contribution in [2.45, 2.75) is 0 Å². The van der Waals surface area contributed by atoms with Gasteiger partial charge in [-0.2, -0.15) is 0 Å². The Morgan fingerprint density at radius 1 is 1.89 bits per heavy atom. The highest BCUT2D eigenvalue weighted by Gasteiger charge is 2.16. The molecule has 1 aliphatic rings. The second-order valence-electron chi connectivity index (χ2n) is 2.51. The molecule has 0 aromatic heterocycles. The first-order chi connectivity index (χ1) is 4.14. The van der Waals surface area contributed by atoms with Crippen LogP contribution in [-0.2, 0) is 11.8 Å². The number of allylic oxidation sites excluding steroid dienone is 2. The van der Waals surface area contributed by atoms with Crippen LogP contribution in [0, 0.1) is 12.3 Å². The Bertz CT molecular complexity index is 232. The summed E-state index contributed by atoms with van der Waals surface area (Å²) in [6.07, 6.45) is 9.40. The fraction of sp³-hybridized carbons (Fsp3) is 0.429. The van der Waals surface area contributed by atoms with E-state index in [1.165, 1.54) is 0 Å². The third-order valence-electron chi connectivity index (χ3n) is 1.41. The molecule has 1 heterocycles. The zero-order valence-corrected chi connectivity index (χ0v) is 7.14. The highest BCUT2D eigenvalue weighted by atomic mass is 32.4. The molecule has 1 unspecified atom stereocenters. The molecular weight excluding hydrogens is 147 g/mol. The minimum atomic E-state index is -1.02. The number of rotatable bonds is 0. The van der Waals surface area contributed by atoms with Crippen molar-refractivity contribution in [3.8, 4) is 12.3 Å². The fourth-order valence-electron chi connectivity index (χ4n) is 0.897. The normalized spacial score (nSPS) is 33.6. The predicted octanol–water partition coefficient (Wildman–Crippen LogP) is 1.67. The van der Waals surface area contributed by atoms with E-state index in [4.69, 9.17) is 18.2 Å². The Balaban J connectivity index is 2.74. The highest BCUT2D eigenvalue weighted by molar-refractivity contribution is 8.14. The lowest BCUT2D eigenvalue weighted by atomic mass is 10.3. The molecule has 0 radical (unpaired) electrons. The second-order valence-corrected chi connectivity index (χ2v) is 8.43. The fourth-order valence-corrected chi connectivity index (χ4v) is 3.21. The van der Waals surface area contributed by atoms with Crippen LogP contribution in [0.3, 0.4) is 0 Å². The first-order valence-corrected chi connectivity index (χ1v) is 6.47. The van der Waals surface area contributed by atoms with Crippen LogP contribution in [0.4, 0.5) is 0 Å². The van der Waals surface area contributed by atoms with Gasteiger partial charge < -0.3 is 0 Å². The predicted molar refractivity (Wildman–Crippen MR) is 46.9 cm³/mol. The van der Waals surface area contributed by atoms with Crippen molar-refractivity contribution in [1.82, 2.24) is 0 Å². The molecule has 0 amide bonds. The average molecular weight is 156 g/mol. The van der Waals surface area contributed by atoms with E-state index in [0.29, 0.717) is 0 Å². The molecular formula is C7H9PS. The van der Waals surface area contributed by atoms with Crippen LogP contribution in [0.1, 0.15) is 0 Å². The molecule has 1 aliphatic heterocycles. The summed E-state index contributed by atoms with van der Waals surface area (Å²) in [5.74, 6) is 2.64. The third kappa shape index (κ3) is 1.68. The molecule has 0 fully saturated rings. The first kappa shape index (κ1) is 7.06. The van der Waals surface area contributed by atoms with Crippen LogP contribution in [0.5, 0.6) is 0 Å². The molecule has 0 saturated carbocycles.